The largest absolute Gasteiger partial charge is 0.316 e. The van der Waals surface area contributed by atoms with E-state index in [0.29, 0.717) is 0 Å². The summed E-state index contributed by atoms with van der Waals surface area (Å²) in [6, 6.07) is 8.21. The summed E-state index contributed by atoms with van der Waals surface area (Å²) < 4.78 is 0. The van der Waals surface area contributed by atoms with E-state index in [-0.39, 0.29) is 0 Å². The molecule has 0 aliphatic rings. The fraction of sp³-hybridized carbons (Fsp3) is 0.533. The zero-order valence-corrected chi connectivity index (χ0v) is 11.9. The third-order valence-electron chi connectivity index (χ3n) is 3.10. The molecule has 2 aromatic rings. The van der Waals surface area contributed by atoms with E-state index in [0.717, 1.165) is 44.0 Å². The maximum Gasteiger partial charge on any atom is 0.0924 e. The quantitative estimate of drug-likeness (QED) is 0.638. The highest BCUT2D eigenvalue weighted by Crippen LogP contribution is 2.14. The number of aromatic amines is 1. The highest BCUT2D eigenvalue weighted by atomic mass is 15.1. The lowest BCUT2D eigenvalue weighted by atomic mass is 10.2. The third kappa shape index (κ3) is 4.33. The van der Waals surface area contributed by atoms with Gasteiger partial charge in [-0.25, -0.2) is 0 Å². The summed E-state index contributed by atoms with van der Waals surface area (Å²) in [5.41, 5.74) is 2.21. The number of benzene rings is 1. The highest BCUT2D eigenvalue weighted by Gasteiger charge is 2.02. The van der Waals surface area contributed by atoms with E-state index in [1.807, 2.05) is 12.1 Å². The van der Waals surface area contributed by atoms with Crippen LogP contribution in [0.2, 0.25) is 0 Å². The number of rotatable bonds is 8. The molecule has 4 nitrogen and oxygen atoms in total. The van der Waals surface area contributed by atoms with Gasteiger partial charge in [0.1, 0.15) is 0 Å². The second kappa shape index (κ2) is 7.26. The molecule has 3 N–H and O–H groups in total. The molecule has 0 bridgehead atoms. The molecule has 104 valence electrons. The minimum absolute atomic E-state index is 0.726. The molecule has 0 saturated carbocycles. The SMILES string of the molecule is CC(C)CNCCCNCc1[nH]nc2ccccc12. The van der Waals surface area contributed by atoms with E-state index in [9.17, 15) is 0 Å². The summed E-state index contributed by atoms with van der Waals surface area (Å²) in [6.07, 6.45) is 1.15. The Kier molecular flexibility index (Phi) is 5.36. The van der Waals surface area contributed by atoms with Crippen molar-refractivity contribution >= 4 is 10.9 Å². The lowest BCUT2D eigenvalue weighted by molar-refractivity contribution is 0.529. The molecule has 0 spiro atoms. The number of aromatic nitrogens is 2. The van der Waals surface area contributed by atoms with Crippen molar-refractivity contribution in [1.29, 1.82) is 0 Å². The molecule has 0 radical (unpaired) electrons. The fourth-order valence-corrected chi connectivity index (χ4v) is 2.09. The molecule has 0 amide bonds. The molecular formula is C15H24N4. The van der Waals surface area contributed by atoms with Crippen molar-refractivity contribution in [3.8, 4) is 0 Å². The van der Waals surface area contributed by atoms with Gasteiger partial charge in [-0.3, -0.25) is 5.10 Å². The maximum absolute atomic E-state index is 4.29. The summed E-state index contributed by atoms with van der Waals surface area (Å²) in [7, 11) is 0. The van der Waals surface area contributed by atoms with Gasteiger partial charge in [0.05, 0.1) is 11.2 Å². The van der Waals surface area contributed by atoms with E-state index in [1.54, 1.807) is 0 Å². The van der Waals surface area contributed by atoms with Crippen LogP contribution in [-0.4, -0.2) is 29.8 Å². The van der Waals surface area contributed by atoms with Gasteiger partial charge in [0.25, 0.3) is 0 Å². The number of H-pyrrole nitrogens is 1. The Hall–Kier alpha value is -1.39. The first kappa shape index (κ1) is 14.0. The number of hydrogen-bond acceptors (Lipinski definition) is 3. The monoisotopic (exact) mass is 260 g/mol. The molecule has 19 heavy (non-hydrogen) atoms. The lowest BCUT2D eigenvalue weighted by Gasteiger charge is -2.07. The molecule has 0 unspecified atom stereocenters. The summed E-state index contributed by atoms with van der Waals surface area (Å²) in [5, 5.41) is 15.5. The summed E-state index contributed by atoms with van der Waals surface area (Å²) >= 11 is 0. The van der Waals surface area contributed by atoms with Gasteiger partial charge in [-0.1, -0.05) is 32.0 Å². The normalized spacial score (nSPS) is 11.5. The van der Waals surface area contributed by atoms with Crippen LogP contribution >= 0.6 is 0 Å². The molecule has 4 heteroatoms. The van der Waals surface area contributed by atoms with Crippen LogP contribution in [0.15, 0.2) is 24.3 Å². The smallest absolute Gasteiger partial charge is 0.0924 e. The lowest BCUT2D eigenvalue weighted by Crippen LogP contribution is -2.24. The zero-order chi connectivity index (χ0) is 13.5. The molecule has 1 aromatic carbocycles. The van der Waals surface area contributed by atoms with Crippen molar-refractivity contribution in [1.82, 2.24) is 20.8 Å². The van der Waals surface area contributed by atoms with Crippen LogP contribution in [0, 0.1) is 5.92 Å². The van der Waals surface area contributed by atoms with E-state index >= 15 is 0 Å². The average molecular weight is 260 g/mol. The Balaban J connectivity index is 1.66. The minimum Gasteiger partial charge on any atom is -0.316 e. The van der Waals surface area contributed by atoms with Crippen LogP contribution in [-0.2, 0) is 6.54 Å². The number of fused-ring (bicyclic) bond motifs is 1. The molecule has 0 atom stereocenters. The van der Waals surface area contributed by atoms with Crippen LogP contribution < -0.4 is 10.6 Å². The predicted octanol–water partition coefficient (Wildman–Crippen LogP) is 2.29. The number of nitrogens with one attached hydrogen (secondary N) is 3. The number of nitrogens with zero attached hydrogens (tertiary/aromatic N) is 1. The van der Waals surface area contributed by atoms with Crippen LogP contribution in [0.4, 0.5) is 0 Å². The van der Waals surface area contributed by atoms with Gasteiger partial charge in [0.15, 0.2) is 0 Å². The molecule has 2 rings (SSSR count). The fourth-order valence-electron chi connectivity index (χ4n) is 2.09. The van der Waals surface area contributed by atoms with Gasteiger partial charge in [0.2, 0.25) is 0 Å². The third-order valence-corrected chi connectivity index (χ3v) is 3.10. The van der Waals surface area contributed by atoms with Gasteiger partial charge < -0.3 is 10.6 Å². The van der Waals surface area contributed by atoms with Crippen LogP contribution in [0.5, 0.6) is 0 Å². The van der Waals surface area contributed by atoms with Gasteiger partial charge >= 0.3 is 0 Å². The Morgan fingerprint density at radius 1 is 1.16 bits per heavy atom. The zero-order valence-electron chi connectivity index (χ0n) is 11.9. The first-order valence-corrected chi connectivity index (χ1v) is 7.11. The van der Waals surface area contributed by atoms with E-state index in [1.165, 1.54) is 11.1 Å². The van der Waals surface area contributed by atoms with Crippen LogP contribution in [0.3, 0.4) is 0 Å². The standard InChI is InChI=1S/C15H24N4/c1-12(2)10-16-8-5-9-17-11-15-13-6-3-4-7-14(13)18-19-15/h3-4,6-7,12,16-17H,5,8-11H2,1-2H3,(H,18,19). The second-order valence-corrected chi connectivity index (χ2v) is 5.35. The van der Waals surface area contributed by atoms with E-state index in [2.05, 4.69) is 46.8 Å². The van der Waals surface area contributed by atoms with Crippen molar-refractivity contribution in [3.63, 3.8) is 0 Å². The van der Waals surface area contributed by atoms with Crippen molar-refractivity contribution < 1.29 is 0 Å². The molecule has 1 aromatic heterocycles. The molecule has 0 fully saturated rings. The molecular weight excluding hydrogens is 236 g/mol. The molecule has 1 heterocycles. The van der Waals surface area contributed by atoms with Gasteiger partial charge in [0, 0.05) is 11.9 Å². The Bertz CT molecular complexity index is 490. The van der Waals surface area contributed by atoms with Crippen molar-refractivity contribution in [3.05, 3.63) is 30.0 Å². The molecule has 0 aliphatic carbocycles. The molecule has 0 saturated heterocycles. The number of para-hydroxylation sites is 1. The Morgan fingerprint density at radius 3 is 2.79 bits per heavy atom. The van der Waals surface area contributed by atoms with Crippen LogP contribution in [0.25, 0.3) is 10.9 Å². The maximum atomic E-state index is 4.29. The first-order chi connectivity index (χ1) is 9.27. The first-order valence-electron chi connectivity index (χ1n) is 7.11. The van der Waals surface area contributed by atoms with E-state index in [4.69, 9.17) is 0 Å². The van der Waals surface area contributed by atoms with Gasteiger partial charge in [-0.05, 0) is 38.0 Å². The summed E-state index contributed by atoms with van der Waals surface area (Å²) in [6.45, 7) is 8.52. The van der Waals surface area contributed by atoms with Crippen molar-refractivity contribution in [2.45, 2.75) is 26.8 Å². The van der Waals surface area contributed by atoms with E-state index < -0.39 is 0 Å². The van der Waals surface area contributed by atoms with Gasteiger partial charge in [-0.2, -0.15) is 5.10 Å². The highest BCUT2D eigenvalue weighted by molar-refractivity contribution is 5.80. The predicted molar refractivity (Wildman–Crippen MR) is 80.1 cm³/mol. The van der Waals surface area contributed by atoms with Gasteiger partial charge in [-0.15, -0.1) is 0 Å². The Morgan fingerprint density at radius 2 is 1.95 bits per heavy atom. The van der Waals surface area contributed by atoms with Crippen LogP contribution in [0.1, 0.15) is 26.0 Å². The Labute approximate surface area is 115 Å². The topological polar surface area (TPSA) is 52.7 Å². The summed E-state index contributed by atoms with van der Waals surface area (Å²) in [5.74, 6) is 0.726. The average Bonchev–Trinajstić information content (AvgIpc) is 2.81. The second-order valence-electron chi connectivity index (χ2n) is 5.35. The molecule has 0 aliphatic heterocycles. The number of hydrogen-bond donors (Lipinski definition) is 3. The van der Waals surface area contributed by atoms with Crippen molar-refractivity contribution in [2.24, 2.45) is 5.92 Å². The summed E-state index contributed by atoms with van der Waals surface area (Å²) in [4.78, 5) is 0. The minimum atomic E-state index is 0.726. The van der Waals surface area contributed by atoms with Crippen molar-refractivity contribution in [2.75, 3.05) is 19.6 Å².